The molecule has 0 aliphatic carbocycles. The summed E-state index contributed by atoms with van der Waals surface area (Å²) >= 11 is 2.14. The van der Waals surface area contributed by atoms with Gasteiger partial charge in [-0.25, -0.2) is 12.7 Å². The number of carbonyl (C=O) groups excluding carboxylic acids is 2. The first kappa shape index (κ1) is 30.8. The number of nitrogens with zero attached hydrogens (tertiary/aromatic N) is 3. The molecule has 0 bridgehead atoms. The first-order chi connectivity index (χ1) is 20.2. The zero-order chi connectivity index (χ0) is 29.7. The number of fused-ring (bicyclic) bond motifs is 1. The van der Waals surface area contributed by atoms with E-state index in [1.54, 1.807) is 0 Å². The molecular formula is C31H38IN3O6S. The molecule has 0 aromatic heterocycles. The van der Waals surface area contributed by atoms with Crippen molar-refractivity contribution in [3.63, 3.8) is 0 Å². The first-order valence-corrected chi connectivity index (χ1v) is 17.6. The van der Waals surface area contributed by atoms with Crippen LogP contribution in [0.15, 0.2) is 52.6 Å². The summed E-state index contributed by atoms with van der Waals surface area (Å²) in [5, 5.41) is 0. The molecule has 3 heterocycles. The van der Waals surface area contributed by atoms with Crippen molar-refractivity contribution in [2.45, 2.75) is 57.1 Å². The van der Waals surface area contributed by atoms with Gasteiger partial charge in [0, 0.05) is 56.0 Å². The topological polar surface area (TPSA) is 96.5 Å². The second kappa shape index (κ2) is 13.8. The van der Waals surface area contributed by atoms with Crippen molar-refractivity contribution in [1.29, 1.82) is 0 Å². The lowest BCUT2D eigenvalue weighted by molar-refractivity contribution is -0.131. The van der Waals surface area contributed by atoms with Crippen LogP contribution in [0.2, 0.25) is 0 Å². The number of carbonyl (C=O) groups is 2. The smallest absolute Gasteiger partial charge is 0.227 e. The Kier molecular flexibility index (Phi) is 10.1. The van der Waals surface area contributed by atoms with Crippen molar-refractivity contribution in [2.24, 2.45) is 0 Å². The second-order valence-corrected chi connectivity index (χ2v) is 13.8. The van der Waals surface area contributed by atoms with Gasteiger partial charge < -0.3 is 19.3 Å². The number of sulfonamides is 1. The molecule has 3 aliphatic heterocycles. The maximum absolute atomic E-state index is 13.4. The zero-order valence-electron chi connectivity index (χ0n) is 23.9. The zero-order valence-corrected chi connectivity index (χ0v) is 26.9. The van der Waals surface area contributed by atoms with Crippen LogP contribution in [0.1, 0.15) is 43.2 Å². The van der Waals surface area contributed by atoms with Crippen molar-refractivity contribution in [2.75, 3.05) is 43.9 Å². The van der Waals surface area contributed by atoms with Crippen LogP contribution in [-0.2, 0) is 32.5 Å². The third kappa shape index (κ3) is 7.46. The van der Waals surface area contributed by atoms with E-state index in [0.717, 1.165) is 30.5 Å². The third-order valence-corrected chi connectivity index (χ3v) is 10.1. The molecule has 2 aromatic carbocycles. The lowest BCUT2D eigenvalue weighted by atomic mass is 9.95. The highest BCUT2D eigenvalue weighted by atomic mass is 125. The molecule has 2 amide bonds. The normalized spacial score (nSPS) is 19.2. The van der Waals surface area contributed by atoms with Gasteiger partial charge in [0.25, 0.3) is 0 Å². The van der Waals surface area contributed by atoms with E-state index in [9.17, 15) is 18.0 Å². The Morgan fingerprint density at radius 1 is 1.02 bits per heavy atom. The monoisotopic (exact) mass is 705 g/mol. The number of likely N-dealkylation sites (tertiary alicyclic amines) is 1. The molecule has 0 saturated carbocycles. The number of piperidine rings is 2. The maximum atomic E-state index is 13.4. The summed E-state index contributed by atoms with van der Waals surface area (Å²) in [4.78, 5) is 30.1. The van der Waals surface area contributed by atoms with Gasteiger partial charge in [0.15, 0.2) is 0 Å². The minimum atomic E-state index is -3.19. The fourth-order valence-corrected chi connectivity index (χ4v) is 7.12. The van der Waals surface area contributed by atoms with E-state index < -0.39 is 10.0 Å². The fourth-order valence-electron chi connectivity index (χ4n) is 6.04. The quantitative estimate of drug-likeness (QED) is 0.361. The molecule has 0 N–H and O–H groups in total. The number of aryl methyl sites for hydroxylation is 1. The van der Waals surface area contributed by atoms with Crippen molar-refractivity contribution in [1.82, 2.24) is 9.21 Å². The summed E-state index contributed by atoms with van der Waals surface area (Å²) in [6, 6.07) is 13.8. The van der Waals surface area contributed by atoms with Gasteiger partial charge in [-0.05, 0) is 60.0 Å². The van der Waals surface area contributed by atoms with Crippen LogP contribution in [0, 0.1) is 0 Å². The van der Waals surface area contributed by atoms with Crippen LogP contribution in [0.3, 0.4) is 0 Å². The molecule has 0 radical (unpaired) electrons. The Labute approximate surface area is 262 Å². The molecular weight excluding hydrogens is 667 g/mol. The average molecular weight is 706 g/mol. The standard InChI is InChI=1S/C31H38IN3O6S/c1-42(38,39)34-18-13-26(14-19-34)41-27-9-7-24(29(22-27)40-20-4-15-32)21-31(37)33-16-11-25(12-17-33)35-28-6-3-2-5-23(28)8-10-30(35)36/h2-7,9,15,22,25-26H,8,10-14,16-21H2,1H3/b15-4+/i32-2. The largest absolute Gasteiger partial charge is 0.490 e. The van der Waals surface area contributed by atoms with Gasteiger partial charge in [0.05, 0.1) is 12.7 Å². The Morgan fingerprint density at radius 2 is 1.76 bits per heavy atom. The minimum absolute atomic E-state index is 0.0370. The summed E-state index contributed by atoms with van der Waals surface area (Å²) in [5.41, 5.74) is 3.03. The Morgan fingerprint density at radius 3 is 2.48 bits per heavy atom. The highest BCUT2D eigenvalue weighted by Crippen LogP contribution is 2.33. The Hall–Kier alpha value is -2.64. The third-order valence-electron chi connectivity index (χ3n) is 8.29. The summed E-state index contributed by atoms with van der Waals surface area (Å²) in [5.74, 6) is 1.46. The number of para-hydroxylation sites is 1. The van der Waals surface area contributed by atoms with Crippen LogP contribution < -0.4 is 14.4 Å². The lowest BCUT2D eigenvalue weighted by Crippen LogP contribution is -2.50. The molecule has 3 aliphatic rings. The molecule has 5 rings (SSSR count). The summed E-state index contributed by atoms with van der Waals surface area (Å²) in [7, 11) is -3.19. The summed E-state index contributed by atoms with van der Waals surface area (Å²) < 4.78 is 39.2. The van der Waals surface area contributed by atoms with Gasteiger partial charge in [-0.1, -0.05) is 46.9 Å². The highest BCUT2D eigenvalue weighted by molar-refractivity contribution is 14.1. The SMILES string of the molecule is CS(=O)(=O)N1CCC(Oc2ccc(CC(=O)N3CCC(N4C(=O)CCc5ccccc54)CC3)c(OC/C=C/[125I])c2)CC1. The summed E-state index contributed by atoms with van der Waals surface area (Å²) in [6.45, 7) is 2.47. The molecule has 0 unspecified atom stereocenters. The number of rotatable bonds is 9. The summed E-state index contributed by atoms with van der Waals surface area (Å²) in [6.07, 6.45) is 7.31. The van der Waals surface area contributed by atoms with Crippen LogP contribution in [0.25, 0.3) is 0 Å². The van der Waals surface area contributed by atoms with Crippen molar-refractivity contribution >= 4 is 50.1 Å². The second-order valence-electron chi connectivity index (χ2n) is 11.1. The molecule has 2 aromatic rings. The maximum Gasteiger partial charge on any atom is 0.227 e. The molecule has 0 atom stereocenters. The van der Waals surface area contributed by atoms with E-state index >= 15 is 0 Å². The number of amides is 2. The predicted octanol–water partition coefficient (Wildman–Crippen LogP) is 4.33. The van der Waals surface area contributed by atoms with Gasteiger partial charge >= 0.3 is 0 Å². The number of hydrogen-bond acceptors (Lipinski definition) is 6. The van der Waals surface area contributed by atoms with E-state index in [0.29, 0.717) is 63.5 Å². The molecule has 0 spiro atoms. The van der Waals surface area contributed by atoms with Crippen LogP contribution in [0.4, 0.5) is 5.69 Å². The van der Waals surface area contributed by atoms with Gasteiger partial charge in [0.1, 0.15) is 24.2 Å². The molecule has 11 heteroatoms. The molecule has 2 saturated heterocycles. The van der Waals surface area contributed by atoms with Gasteiger partial charge in [0.2, 0.25) is 21.8 Å². The molecule has 42 heavy (non-hydrogen) atoms. The number of ether oxygens (including phenoxy) is 2. The molecule has 226 valence electrons. The van der Waals surface area contributed by atoms with E-state index in [2.05, 4.69) is 28.7 Å². The Balaban J connectivity index is 1.20. The Bertz CT molecular complexity index is 1420. The van der Waals surface area contributed by atoms with Crippen LogP contribution in [-0.4, -0.2) is 80.6 Å². The van der Waals surface area contributed by atoms with Gasteiger partial charge in [-0.15, -0.1) is 0 Å². The minimum Gasteiger partial charge on any atom is -0.490 e. The van der Waals surface area contributed by atoms with E-state index in [-0.39, 0.29) is 30.4 Å². The number of anilines is 1. The van der Waals surface area contributed by atoms with Crippen LogP contribution in [0.5, 0.6) is 11.5 Å². The van der Waals surface area contributed by atoms with E-state index in [1.807, 2.05) is 56.4 Å². The van der Waals surface area contributed by atoms with Crippen molar-refractivity contribution in [3.05, 3.63) is 63.8 Å². The highest BCUT2D eigenvalue weighted by Gasteiger charge is 2.34. The van der Waals surface area contributed by atoms with Crippen LogP contribution >= 0.6 is 22.6 Å². The average Bonchev–Trinajstić information content (AvgIpc) is 2.98. The number of halogens is 1. The van der Waals surface area contributed by atoms with Crippen molar-refractivity contribution < 1.29 is 27.5 Å². The molecule has 2 fully saturated rings. The van der Waals surface area contributed by atoms with E-state index in [4.69, 9.17) is 9.47 Å². The van der Waals surface area contributed by atoms with Gasteiger partial charge in [-0.3, -0.25) is 9.59 Å². The number of benzene rings is 2. The molecule has 9 nitrogen and oxygen atoms in total. The van der Waals surface area contributed by atoms with E-state index in [1.165, 1.54) is 16.1 Å². The first-order valence-electron chi connectivity index (χ1n) is 14.5. The predicted molar refractivity (Wildman–Crippen MR) is 171 cm³/mol. The lowest BCUT2D eigenvalue weighted by Gasteiger charge is -2.41. The van der Waals surface area contributed by atoms with Crippen molar-refractivity contribution in [3.8, 4) is 11.5 Å². The number of hydrogen-bond donors (Lipinski definition) is 0. The van der Waals surface area contributed by atoms with Gasteiger partial charge in [-0.2, -0.15) is 0 Å². The fraction of sp³-hybridized carbons (Fsp3) is 0.484.